The molecule has 0 aromatic rings. The molecular formula is C10H14O2. The maximum Gasteiger partial charge on any atom is 0.204 e. The number of carbonyl (C=O) groups is 2. The second kappa shape index (κ2) is 1.81. The van der Waals surface area contributed by atoms with Gasteiger partial charge in [-0.3, -0.25) is 9.59 Å². The van der Waals surface area contributed by atoms with E-state index < -0.39 is 0 Å². The van der Waals surface area contributed by atoms with E-state index in [1.807, 2.05) is 6.92 Å². The fourth-order valence-electron chi connectivity index (χ4n) is 3.00. The van der Waals surface area contributed by atoms with Gasteiger partial charge in [-0.15, -0.1) is 0 Å². The minimum absolute atomic E-state index is 0.00926. The smallest absolute Gasteiger partial charge is 0.204 e. The summed E-state index contributed by atoms with van der Waals surface area (Å²) in [6.07, 6.45) is 1.67. The lowest BCUT2D eigenvalue weighted by Crippen LogP contribution is -2.37. The van der Waals surface area contributed by atoms with Crippen molar-refractivity contribution in [2.45, 2.75) is 33.6 Å². The van der Waals surface area contributed by atoms with Crippen LogP contribution >= 0.6 is 0 Å². The lowest BCUT2D eigenvalue weighted by molar-refractivity contribution is -0.143. The van der Waals surface area contributed by atoms with Crippen LogP contribution in [0.5, 0.6) is 0 Å². The highest BCUT2D eigenvalue weighted by molar-refractivity contribution is 6.42. The van der Waals surface area contributed by atoms with Gasteiger partial charge in [0.05, 0.1) is 0 Å². The molecule has 2 aliphatic carbocycles. The van der Waals surface area contributed by atoms with Crippen molar-refractivity contribution in [3.05, 3.63) is 0 Å². The zero-order valence-corrected chi connectivity index (χ0v) is 7.81. The fraction of sp³-hybridized carbons (Fsp3) is 0.800. The van der Waals surface area contributed by atoms with Crippen LogP contribution in [0, 0.1) is 16.7 Å². The van der Waals surface area contributed by atoms with Gasteiger partial charge in [0.1, 0.15) is 0 Å². The molecule has 0 aliphatic heterocycles. The molecule has 0 heterocycles. The third-order valence-corrected chi connectivity index (χ3v) is 3.53. The van der Waals surface area contributed by atoms with E-state index in [1.165, 1.54) is 0 Å². The summed E-state index contributed by atoms with van der Waals surface area (Å²) >= 11 is 0. The van der Waals surface area contributed by atoms with Crippen LogP contribution < -0.4 is 0 Å². The Kier molecular flexibility index (Phi) is 1.20. The van der Waals surface area contributed by atoms with E-state index in [9.17, 15) is 9.59 Å². The number of hydrogen-bond donors (Lipinski definition) is 0. The molecule has 0 spiro atoms. The molecular weight excluding hydrogens is 152 g/mol. The average molecular weight is 166 g/mol. The lowest BCUT2D eigenvalue weighted by Gasteiger charge is -2.30. The van der Waals surface area contributed by atoms with Gasteiger partial charge in [0, 0.05) is 11.3 Å². The Morgan fingerprint density at radius 2 is 1.83 bits per heavy atom. The minimum atomic E-state index is -0.314. The summed E-state index contributed by atoms with van der Waals surface area (Å²) < 4.78 is 0. The number of rotatable bonds is 0. The predicted octanol–water partition coefficient (Wildman–Crippen LogP) is 1.58. The van der Waals surface area contributed by atoms with Crippen LogP contribution in [0.25, 0.3) is 0 Å². The van der Waals surface area contributed by atoms with Crippen LogP contribution in [-0.2, 0) is 9.59 Å². The Hall–Kier alpha value is -0.660. The van der Waals surface area contributed by atoms with E-state index in [1.54, 1.807) is 0 Å². The molecule has 66 valence electrons. The molecule has 0 saturated heterocycles. The van der Waals surface area contributed by atoms with Crippen molar-refractivity contribution in [2.24, 2.45) is 16.7 Å². The van der Waals surface area contributed by atoms with E-state index in [0.717, 1.165) is 12.8 Å². The van der Waals surface area contributed by atoms with Crippen molar-refractivity contribution >= 4 is 11.6 Å². The highest BCUT2D eigenvalue weighted by Gasteiger charge is 2.62. The largest absolute Gasteiger partial charge is 0.291 e. The molecule has 0 N–H and O–H groups in total. The molecule has 2 aliphatic rings. The predicted molar refractivity (Wildman–Crippen MR) is 44.6 cm³/mol. The molecule has 0 aromatic heterocycles. The van der Waals surface area contributed by atoms with E-state index in [0.29, 0.717) is 0 Å². The Bertz CT molecular complexity index is 278. The molecule has 2 heteroatoms. The Balaban J connectivity index is 2.46. The highest BCUT2D eigenvalue weighted by atomic mass is 16.2. The van der Waals surface area contributed by atoms with E-state index in [-0.39, 0.29) is 28.3 Å². The van der Waals surface area contributed by atoms with Crippen LogP contribution in [0.3, 0.4) is 0 Å². The zero-order valence-electron chi connectivity index (χ0n) is 7.81. The van der Waals surface area contributed by atoms with E-state index in [4.69, 9.17) is 0 Å². The van der Waals surface area contributed by atoms with Gasteiger partial charge in [-0.05, 0) is 18.3 Å². The Labute approximate surface area is 72.3 Å². The van der Waals surface area contributed by atoms with Crippen molar-refractivity contribution in [3.8, 4) is 0 Å². The van der Waals surface area contributed by atoms with Crippen molar-refractivity contribution in [2.75, 3.05) is 0 Å². The van der Waals surface area contributed by atoms with Crippen LogP contribution in [0.2, 0.25) is 0 Å². The monoisotopic (exact) mass is 166 g/mol. The first-order valence-electron chi connectivity index (χ1n) is 4.45. The molecule has 2 bridgehead atoms. The summed E-state index contributed by atoms with van der Waals surface area (Å²) in [6, 6.07) is 0. The van der Waals surface area contributed by atoms with Gasteiger partial charge < -0.3 is 0 Å². The normalized spacial score (nSPS) is 44.1. The van der Waals surface area contributed by atoms with Gasteiger partial charge in [0.25, 0.3) is 0 Å². The van der Waals surface area contributed by atoms with Gasteiger partial charge in [-0.25, -0.2) is 0 Å². The van der Waals surface area contributed by atoms with Crippen molar-refractivity contribution in [1.29, 1.82) is 0 Å². The fourth-order valence-corrected chi connectivity index (χ4v) is 3.00. The first kappa shape index (κ1) is 7.96. The second-order valence-electron chi connectivity index (χ2n) is 5.18. The number of carbonyl (C=O) groups excluding carboxylic acids is 2. The molecule has 1 unspecified atom stereocenters. The summed E-state index contributed by atoms with van der Waals surface area (Å²) in [5, 5.41) is 0. The summed E-state index contributed by atoms with van der Waals surface area (Å²) in [4.78, 5) is 22.9. The summed E-state index contributed by atoms with van der Waals surface area (Å²) in [7, 11) is 0. The number of Topliss-reactive ketones (excluding diaryl/α,β-unsaturated/α-hetero) is 2. The summed E-state index contributed by atoms with van der Waals surface area (Å²) in [6.45, 7) is 6.11. The SMILES string of the molecule is CC1(C)C[C@]2(C)CC1C(=O)C2=O. The maximum absolute atomic E-state index is 11.4. The van der Waals surface area contributed by atoms with Gasteiger partial charge in [0.2, 0.25) is 11.6 Å². The topological polar surface area (TPSA) is 34.1 Å². The average Bonchev–Trinajstić information content (AvgIpc) is 2.27. The molecule has 2 rings (SSSR count). The van der Waals surface area contributed by atoms with E-state index >= 15 is 0 Å². The van der Waals surface area contributed by atoms with Crippen molar-refractivity contribution < 1.29 is 9.59 Å². The molecule has 12 heavy (non-hydrogen) atoms. The van der Waals surface area contributed by atoms with Crippen molar-refractivity contribution in [3.63, 3.8) is 0 Å². The molecule has 0 aromatic carbocycles. The third kappa shape index (κ3) is 0.706. The van der Waals surface area contributed by atoms with Gasteiger partial charge in [-0.2, -0.15) is 0 Å². The number of hydrogen-bond acceptors (Lipinski definition) is 2. The van der Waals surface area contributed by atoms with Crippen LogP contribution in [-0.4, -0.2) is 11.6 Å². The first-order chi connectivity index (χ1) is 5.37. The van der Waals surface area contributed by atoms with Gasteiger partial charge in [0.15, 0.2) is 0 Å². The van der Waals surface area contributed by atoms with E-state index in [2.05, 4.69) is 13.8 Å². The van der Waals surface area contributed by atoms with Gasteiger partial charge >= 0.3 is 0 Å². The second-order valence-corrected chi connectivity index (χ2v) is 5.18. The van der Waals surface area contributed by atoms with Crippen LogP contribution in [0.1, 0.15) is 33.6 Å². The molecule has 0 amide bonds. The summed E-state index contributed by atoms with van der Waals surface area (Å²) in [5.74, 6) is -0.226. The zero-order chi connectivity index (χ0) is 9.15. The minimum Gasteiger partial charge on any atom is -0.291 e. The van der Waals surface area contributed by atoms with Crippen LogP contribution in [0.4, 0.5) is 0 Å². The molecule has 2 atom stereocenters. The Morgan fingerprint density at radius 1 is 1.25 bits per heavy atom. The lowest BCUT2D eigenvalue weighted by atomic mass is 9.72. The molecule has 2 saturated carbocycles. The molecule has 0 radical (unpaired) electrons. The molecule has 2 nitrogen and oxygen atoms in total. The maximum atomic E-state index is 11.4. The van der Waals surface area contributed by atoms with Crippen LogP contribution in [0.15, 0.2) is 0 Å². The van der Waals surface area contributed by atoms with Crippen molar-refractivity contribution in [1.82, 2.24) is 0 Å². The first-order valence-corrected chi connectivity index (χ1v) is 4.45. The standard InChI is InChI=1S/C10H14O2/c1-9(2)5-10(3)4-6(9)7(11)8(10)12/h6H,4-5H2,1-3H3/t6?,10-/m0/s1. The van der Waals surface area contributed by atoms with Gasteiger partial charge in [-0.1, -0.05) is 20.8 Å². The Morgan fingerprint density at radius 3 is 2.17 bits per heavy atom. The summed E-state index contributed by atoms with van der Waals surface area (Å²) in [5.41, 5.74) is -0.259. The molecule has 2 fully saturated rings. The number of fused-ring (bicyclic) bond motifs is 2. The quantitative estimate of drug-likeness (QED) is 0.512. The highest BCUT2D eigenvalue weighted by Crippen LogP contribution is 2.58. The third-order valence-electron chi connectivity index (χ3n) is 3.53. The number of ketones is 2.